The number of nitrogens with two attached hydrogens (primary N) is 1. The molecule has 7 heavy (non-hydrogen) atoms. The summed E-state index contributed by atoms with van der Waals surface area (Å²) in [4.78, 5) is 9.33. The van der Waals surface area contributed by atoms with E-state index >= 15 is 0 Å². The molecular formula is C3H8N2O2. The van der Waals surface area contributed by atoms with E-state index in [-0.39, 0.29) is 13.2 Å². The smallest absolute Gasteiger partial charge is 0.0984 e. The molecule has 0 rings (SSSR count). The summed E-state index contributed by atoms with van der Waals surface area (Å²) in [6.07, 6.45) is 0. The van der Waals surface area contributed by atoms with Crippen LogP contribution in [0.5, 0.6) is 0 Å². The molecule has 0 heterocycles. The van der Waals surface area contributed by atoms with Crippen molar-refractivity contribution in [3.63, 3.8) is 0 Å². The summed E-state index contributed by atoms with van der Waals surface area (Å²) in [7, 11) is 0. The van der Waals surface area contributed by atoms with Gasteiger partial charge < -0.3 is 10.8 Å². The summed E-state index contributed by atoms with van der Waals surface area (Å²) in [5.74, 6) is 0. The van der Waals surface area contributed by atoms with E-state index in [4.69, 9.17) is 10.8 Å². The zero-order valence-electron chi connectivity index (χ0n) is 3.87. The fourth-order valence-electron chi connectivity index (χ4n) is 0.153. The molecule has 0 aromatic rings. The van der Waals surface area contributed by atoms with E-state index in [1.807, 2.05) is 0 Å². The predicted molar refractivity (Wildman–Crippen MR) is 25.7 cm³/mol. The molecular weight excluding hydrogens is 96.0 g/mol. The van der Waals surface area contributed by atoms with Crippen LogP contribution in [0, 0.1) is 4.91 Å². The predicted octanol–water partition coefficient (Wildman–Crippen LogP) is -0.928. The molecule has 0 bridgehead atoms. The van der Waals surface area contributed by atoms with E-state index in [9.17, 15) is 4.91 Å². The first-order chi connectivity index (χ1) is 3.31. The molecule has 0 radical (unpaired) electrons. The molecule has 42 valence electrons. The molecule has 0 saturated heterocycles. The Bertz CT molecular complexity index is 56.9. The molecule has 0 aliphatic carbocycles. The summed E-state index contributed by atoms with van der Waals surface area (Å²) in [5.41, 5.74) is 5.04. The third-order valence-corrected chi connectivity index (χ3v) is 0.544. The van der Waals surface area contributed by atoms with E-state index in [0.717, 1.165) is 0 Å². The van der Waals surface area contributed by atoms with Gasteiger partial charge in [-0.15, -0.1) is 0 Å². The molecule has 0 aromatic heterocycles. The lowest BCUT2D eigenvalue weighted by Gasteiger charge is -1.97. The first-order valence-corrected chi connectivity index (χ1v) is 1.96. The van der Waals surface area contributed by atoms with Gasteiger partial charge >= 0.3 is 0 Å². The van der Waals surface area contributed by atoms with Gasteiger partial charge in [0.15, 0.2) is 0 Å². The summed E-state index contributed by atoms with van der Waals surface area (Å²) >= 11 is 0. The van der Waals surface area contributed by atoms with Crippen molar-refractivity contribution in [3.05, 3.63) is 4.91 Å². The highest BCUT2D eigenvalue weighted by molar-refractivity contribution is 4.59. The van der Waals surface area contributed by atoms with Crippen LogP contribution in [0.4, 0.5) is 0 Å². The molecule has 0 fully saturated rings. The second kappa shape index (κ2) is 3.70. The summed E-state index contributed by atoms with van der Waals surface area (Å²) in [6, 6.07) is -0.475. The lowest BCUT2D eigenvalue weighted by atomic mass is 10.3. The third kappa shape index (κ3) is 3.35. The van der Waals surface area contributed by atoms with E-state index in [0.29, 0.717) is 0 Å². The van der Waals surface area contributed by atoms with Crippen molar-refractivity contribution in [2.24, 2.45) is 10.9 Å². The normalized spacial score (nSPS) is 13.4. The third-order valence-electron chi connectivity index (χ3n) is 0.544. The molecule has 0 aliphatic rings. The Kier molecular flexibility index (Phi) is 3.45. The van der Waals surface area contributed by atoms with Crippen molar-refractivity contribution in [3.8, 4) is 0 Å². The van der Waals surface area contributed by atoms with Gasteiger partial charge in [0.25, 0.3) is 0 Å². The molecule has 4 heteroatoms. The minimum Gasteiger partial charge on any atom is -0.395 e. The molecule has 0 saturated carbocycles. The number of aliphatic hydroxyl groups excluding tert-OH is 1. The van der Waals surface area contributed by atoms with Crippen LogP contribution >= 0.6 is 0 Å². The lowest BCUT2D eigenvalue weighted by Crippen LogP contribution is -2.27. The van der Waals surface area contributed by atoms with Crippen LogP contribution in [-0.2, 0) is 0 Å². The zero-order chi connectivity index (χ0) is 5.70. The van der Waals surface area contributed by atoms with Gasteiger partial charge in [0.1, 0.15) is 0 Å². The van der Waals surface area contributed by atoms with Crippen molar-refractivity contribution >= 4 is 0 Å². The number of nitroso groups, excluding NO2 is 1. The minimum atomic E-state index is -0.475. The SMILES string of the molecule is NC(CO)CN=O. The highest BCUT2D eigenvalue weighted by atomic mass is 16.3. The van der Waals surface area contributed by atoms with Gasteiger partial charge in [0, 0.05) is 0 Å². The molecule has 0 amide bonds. The number of rotatable bonds is 3. The largest absolute Gasteiger partial charge is 0.395 e. The second-order valence-corrected chi connectivity index (χ2v) is 1.25. The molecule has 0 aliphatic heterocycles. The van der Waals surface area contributed by atoms with Crippen molar-refractivity contribution < 1.29 is 5.11 Å². The van der Waals surface area contributed by atoms with Crippen molar-refractivity contribution in [2.75, 3.05) is 13.2 Å². The van der Waals surface area contributed by atoms with Gasteiger partial charge in [-0.3, -0.25) is 0 Å². The van der Waals surface area contributed by atoms with Crippen molar-refractivity contribution in [1.29, 1.82) is 0 Å². The van der Waals surface area contributed by atoms with Gasteiger partial charge in [-0.2, -0.15) is 4.91 Å². The molecule has 4 nitrogen and oxygen atoms in total. The maximum Gasteiger partial charge on any atom is 0.0984 e. The van der Waals surface area contributed by atoms with E-state index in [1.54, 1.807) is 0 Å². The standard InChI is InChI=1S/C3H8N2O2/c4-3(2-6)1-5-7/h3,6H,1-2,4H2. The van der Waals surface area contributed by atoms with Crippen molar-refractivity contribution in [1.82, 2.24) is 0 Å². The van der Waals surface area contributed by atoms with Gasteiger partial charge in [0.05, 0.1) is 19.2 Å². The number of hydrogen-bond acceptors (Lipinski definition) is 4. The van der Waals surface area contributed by atoms with Crippen molar-refractivity contribution in [2.45, 2.75) is 6.04 Å². The maximum absolute atomic E-state index is 9.33. The highest BCUT2D eigenvalue weighted by Crippen LogP contribution is 1.73. The van der Waals surface area contributed by atoms with Gasteiger partial charge in [0.2, 0.25) is 0 Å². The summed E-state index contributed by atoms with van der Waals surface area (Å²) < 4.78 is 0. The van der Waals surface area contributed by atoms with E-state index in [1.165, 1.54) is 0 Å². The van der Waals surface area contributed by atoms with Gasteiger partial charge in [-0.25, -0.2) is 0 Å². The van der Waals surface area contributed by atoms with Gasteiger partial charge in [-0.05, 0) is 0 Å². The van der Waals surface area contributed by atoms with Crippen LogP contribution in [0.3, 0.4) is 0 Å². The van der Waals surface area contributed by atoms with Crippen LogP contribution in [-0.4, -0.2) is 24.3 Å². The summed E-state index contributed by atoms with van der Waals surface area (Å²) in [5, 5.41) is 10.6. The Morgan fingerprint density at radius 3 is 2.57 bits per heavy atom. The van der Waals surface area contributed by atoms with Crippen LogP contribution in [0.25, 0.3) is 0 Å². The number of nitrogens with zero attached hydrogens (tertiary/aromatic N) is 1. The Morgan fingerprint density at radius 1 is 1.86 bits per heavy atom. The fraction of sp³-hybridized carbons (Fsp3) is 1.00. The highest BCUT2D eigenvalue weighted by Gasteiger charge is 1.95. The van der Waals surface area contributed by atoms with Crippen LogP contribution in [0.15, 0.2) is 5.18 Å². The first kappa shape index (κ1) is 6.52. The topological polar surface area (TPSA) is 75.7 Å². The lowest BCUT2D eigenvalue weighted by molar-refractivity contribution is 0.268. The average Bonchev–Trinajstić information content (AvgIpc) is 1.68. The first-order valence-electron chi connectivity index (χ1n) is 1.96. The fourth-order valence-corrected chi connectivity index (χ4v) is 0.153. The monoisotopic (exact) mass is 104 g/mol. The average molecular weight is 104 g/mol. The number of aliphatic hydroxyl groups is 1. The van der Waals surface area contributed by atoms with Crippen LogP contribution in [0.2, 0.25) is 0 Å². The Balaban J connectivity index is 2.98. The molecule has 0 aromatic carbocycles. The van der Waals surface area contributed by atoms with Crippen LogP contribution in [0.1, 0.15) is 0 Å². The Morgan fingerprint density at radius 2 is 2.43 bits per heavy atom. The van der Waals surface area contributed by atoms with Crippen LogP contribution < -0.4 is 5.73 Å². The minimum absolute atomic E-state index is 0.00347. The Hall–Kier alpha value is -0.480. The zero-order valence-corrected chi connectivity index (χ0v) is 3.87. The molecule has 1 atom stereocenters. The van der Waals surface area contributed by atoms with E-state index < -0.39 is 6.04 Å². The quantitative estimate of drug-likeness (QED) is 0.454. The van der Waals surface area contributed by atoms with E-state index in [2.05, 4.69) is 5.18 Å². The number of hydrogen-bond donors (Lipinski definition) is 2. The summed E-state index contributed by atoms with van der Waals surface area (Å²) in [6.45, 7) is -0.178. The van der Waals surface area contributed by atoms with Gasteiger partial charge in [-0.1, -0.05) is 5.18 Å². The molecule has 0 spiro atoms. The Labute approximate surface area is 41.3 Å². The molecule has 3 N–H and O–H groups in total. The second-order valence-electron chi connectivity index (χ2n) is 1.25. The maximum atomic E-state index is 9.33. The molecule has 1 unspecified atom stereocenters.